The third kappa shape index (κ3) is 29.2. The molecule has 0 heterocycles. The van der Waals surface area contributed by atoms with Crippen LogP contribution in [0.3, 0.4) is 0 Å². The maximum Gasteiger partial charge on any atom is 0.338 e. The summed E-state index contributed by atoms with van der Waals surface area (Å²) in [5.74, 6) is 0.549. The van der Waals surface area contributed by atoms with Crippen molar-refractivity contribution in [1.82, 2.24) is 0 Å². The van der Waals surface area contributed by atoms with Crippen LogP contribution in [0.25, 0.3) is 24.3 Å². The van der Waals surface area contributed by atoms with E-state index in [2.05, 4.69) is 73.7 Å². The molecule has 0 aromatic heterocycles. The zero-order valence-corrected chi connectivity index (χ0v) is 38.3. The third-order valence-corrected chi connectivity index (χ3v) is 9.79. The van der Waals surface area contributed by atoms with E-state index in [0.717, 1.165) is 41.0 Å². The number of carbonyl (C=O) groups excluding carboxylic acids is 1. The van der Waals surface area contributed by atoms with Crippen molar-refractivity contribution in [2.45, 2.75) is 71.1 Å². The highest BCUT2D eigenvalue weighted by atomic mass is 16.6. The molecule has 0 saturated carbocycles. The van der Waals surface area contributed by atoms with Crippen LogP contribution in [-0.2, 0) is 42.6 Å². The van der Waals surface area contributed by atoms with Gasteiger partial charge in [-0.3, -0.25) is 0 Å². The predicted molar refractivity (Wildman–Crippen MR) is 252 cm³/mol. The van der Waals surface area contributed by atoms with Crippen molar-refractivity contribution in [2.24, 2.45) is 0 Å². The Morgan fingerprint density at radius 2 is 0.698 bits per heavy atom. The Morgan fingerprint density at radius 1 is 0.381 bits per heavy atom. The summed E-state index contributed by atoms with van der Waals surface area (Å²) < 4.78 is 54.5. The van der Waals surface area contributed by atoms with E-state index in [1.54, 1.807) is 19.2 Å². The zero-order valence-electron chi connectivity index (χ0n) is 38.3. The van der Waals surface area contributed by atoms with E-state index in [4.69, 9.17) is 47.4 Å². The Kier molecular flexibility index (Phi) is 32.7. The molecule has 0 spiro atoms. The molecule has 3 aromatic rings. The molecule has 11 heteroatoms. The molecule has 0 unspecified atom stereocenters. The van der Waals surface area contributed by atoms with Gasteiger partial charge in [-0.2, -0.15) is 0 Å². The first-order chi connectivity index (χ1) is 31.2. The summed E-state index contributed by atoms with van der Waals surface area (Å²) in [6.07, 6.45) is 21.6. The number of unbranched alkanes of at least 4 members (excludes halogenated alkanes) is 9. The smallest absolute Gasteiger partial charge is 0.338 e. The number of ether oxygens (including phenoxy) is 10. The van der Waals surface area contributed by atoms with E-state index in [0.29, 0.717) is 105 Å². The molecule has 0 aliphatic heterocycles. The van der Waals surface area contributed by atoms with Gasteiger partial charge in [-0.1, -0.05) is 138 Å². The summed E-state index contributed by atoms with van der Waals surface area (Å²) in [6, 6.07) is 24.1. The number of benzene rings is 3. The Morgan fingerprint density at radius 3 is 1.08 bits per heavy atom. The summed E-state index contributed by atoms with van der Waals surface area (Å²) >= 11 is 0. The van der Waals surface area contributed by atoms with Gasteiger partial charge in [-0.25, -0.2) is 4.79 Å². The van der Waals surface area contributed by atoms with Gasteiger partial charge in [0.2, 0.25) is 0 Å². The zero-order chi connectivity index (χ0) is 44.5. The monoisotopic (exact) mass is 877 g/mol. The lowest BCUT2D eigenvalue weighted by molar-refractivity contribution is -0.0235. The molecule has 0 aliphatic carbocycles. The van der Waals surface area contributed by atoms with Crippen molar-refractivity contribution in [2.75, 3.05) is 119 Å². The molecule has 0 saturated heterocycles. The van der Waals surface area contributed by atoms with Crippen LogP contribution in [0.1, 0.15) is 104 Å². The van der Waals surface area contributed by atoms with Crippen LogP contribution in [0, 0.1) is 0 Å². The van der Waals surface area contributed by atoms with Gasteiger partial charge in [0.15, 0.2) is 0 Å². The summed E-state index contributed by atoms with van der Waals surface area (Å²) in [5.41, 5.74) is 4.84. The topological polar surface area (TPSA) is 109 Å². The van der Waals surface area contributed by atoms with Crippen LogP contribution in [0.4, 0.5) is 0 Å². The first kappa shape index (κ1) is 53.4. The molecular weight excluding hydrogens is 801 g/mol. The summed E-state index contributed by atoms with van der Waals surface area (Å²) in [6.45, 7) is 10.5. The van der Waals surface area contributed by atoms with E-state index in [1.165, 1.54) is 57.8 Å². The highest BCUT2D eigenvalue weighted by molar-refractivity contribution is 5.89. The first-order valence-corrected chi connectivity index (χ1v) is 23.2. The van der Waals surface area contributed by atoms with Crippen molar-refractivity contribution >= 4 is 30.3 Å². The molecule has 11 nitrogen and oxygen atoms in total. The maximum absolute atomic E-state index is 12.5. The number of rotatable bonds is 41. The standard InChI is InChI=1S/C52H76O11/c1-3-4-5-6-7-8-9-10-11-12-29-62-51-27-23-49(24-28-51)20-18-47-15-13-46(14-16-47)17-19-48-21-25-50(26-22-48)52(53)63-45-44-61-43-42-60-41-40-59-39-38-58-37-36-57-35-34-56-33-32-55-31-30-54-2/h13-28H,3-12,29-45H2,1-2H3/b19-17+,20-18+. The van der Waals surface area contributed by atoms with Crippen LogP contribution in [0.5, 0.6) is 5.75 Å². The van der Waals surface area contributed by atoms with Gasteiger partial charge >= 0.3 is 5.97 Å². The van der Waals surface area contributed by atoms with Crippen LogP contribution in [0.2, 0.25) is 0 Å². The van der Waals surface area contributed by atoms with Crippen LogP contribution >= 0.6 is 0 Å². The van der Waals surface area contributed by atoms with Crippen molar-refractivity contribution in [3.05, 3.63) is 101 Å². The largest absolute Gasteiger partial charge is 0.494 e. The Hall–Kier alpha value is -3.91. The normalized spacial score (nSPS) is 11.6. The van der Waals surface area contributed by atoms with E-state index >= 15 is 0 Å². The fourth-order valence-corrected chi connectivity index (χ4v) is 6.13. The molecule has 0 N–H and O–H groups in total. The highest BCUT2D eigenvalue weighted by Gasteiger charge is 2.06. The van der Waals surface area contributed by atoms with E-state index in [1.807, 2.05) is 18.2 Å². The average molecular weight is 877 g/mol. The van der Waals surface area contributed by atoms with Crippen LogP contribution < -0.4 is 4.74 Å². The number of methoxy groups -OCH3 is 1. The Balaban J connectivity index is 1.13. The number of hydrogen-bond acceptors (Lipinski definition) is 11. The molecule has 0 atom stereocenters. The molecule has 0 fully saturated rings. The molecule has 0 amide bonds. The minimum absolute atomic E-state index is 0.166. The molecule has 3 rings (SSSR count). The number of hydrogen-bond donors (Lipinski definition) is 0. The Labute approximate surface area is 378 Å². The van der Waals surface area contributed by atoms with Crippen molar-refractivity contribution < 1.29 is 52.2 Å². The summed E-state index contributed by atoms with van der Waals surface area (Å²) in [4.78, 5) is 12.5. The first-order valence-electron chi connectivity index (χ1n) is 23.2. The lowest BCUT2D eigenvalue weighted by atomic mass is 10.1. The number of esters is 1. The maximum atomic E-state index is 12.5. The molecule has 0 bridgehead atoms. The van der Waals surface area contributed by atoms with Gasteiger partial charge in [0.1, 0.15) is 12.4 Å². The quantitative estimate of drug-likeness (QED) is 0.0309. The lowest BCUT2D eigenvalue weighted by Crippen LogP contribution is -2.15. The van der Waals surface area contributed by atoms with Gasteiger partial charge in [-0.05, 0) is 52.9 Å². The van der Waals surface area contributed by atoms with E-state index < -0.39 is 0 Å². The van der Waals surface area contributed by atoms with Gasteiger partial charge in [0, 0.05) is 7.11 Å². The van der Waals surface area contributed by atoms with Gasteiger partial charge < -0.3 is 47.4 Å². The Bertz CT molecular complexity index is 1560. The molecular formula is C52H76O11. The van der Waals surface area contributed by atoms with Crippen molar-refractivity contribution in [3.8, 4) is 5.75 Å². The number of carbonyl (C=O) groups is 1. The van der Waals surface area contributed by atoms with E-state index in [9.17, 15) is 4.79 Å². The summed E-state index contributed by atoms with van der Waals surface area (Å²) in [5, 5.41) is 0. The minimum Gasteiger partial charge on any atom is -0.494 e. The van der Waals surface area contributed by atoms with Gasteiger partial charge in [0.25, 0.3) is 0 Å². The summed E-state index contributed by atoms with van der Waals surface area (Å²) in [7, 11) is 1.64. The highest BCUT2D eigenvalue weighted by Crippen LogP contribution is 2.17. The molecule has 0 radical (unpaired) electrons. The second-order valence-corrected chi connectivity index (χ2v) is 15.0. The SMILES string of the molecule is CCCCCCCCCCCCOc1ccc(/C=C/c2ccc(/C=C/c3ccc(C(=O)OCCOCCOCCOCCOCCOCCOCCOCCOC)cc3)cc2)cc1. The molecule has 350 valence electrons. The third-order valence-electron chi connectivity index (χ3n) is 9.79. The average Bonchev–Trinajstić information content (AvgIpc) is 3.31. The molecule has 0 aliphatic rings. The van der Waals surface area contributed by atoms with Crippen molar-refractivity contribution in [1.29, 1.82) is 0 Å². The van der Waals surface area contributed by atoms with Crippen molar-refractivity contribution in [3.63, 3.8) is 0 Å². The van der Waals surface area contributed by atoms with Gasteiger partial charge in [0.05, 0.1) is 111 Å². The van der Waals surface area contributed by atoms with Crippen LogP contribution in [0.15, 0.2) is 72.8 Å². The lowest BCUT2D eigenvalue weighted by Gasteiger charge is -2.09. The second kappa shape index (κ2) is 38.5. The molecule has 63 heavy (non-hydrogen) atoms. The second-order valence-electron chi connectivity index (χ2n) is 15.0. The fraction of sp³-hybridized carbons (Fsp3) is 0.558. The van der Waals surface area contributed by atoms with E-state index in [-0.39, 0.29) is 12.6 Å². The van der Waals surface area contributed by atoms with Crippen LogP contribution in [-0.4, -0.2) is 125 Å². The minimum atomic E-state index is -0.382. The molecule has 3 aromatic carbocycles. The fourth-order valence-electron chi connectivity index (χ4n) is 6.13. The van der Waals surface area contributed by atoms with Gasteiger partial charge in [-0.15, -0.1) is 0 Å². The predicted octanol–water partition coefficient (Wildman–Crippen LogP) is 10.2.